The summed E-state index contributed by atoms with van der Waals surface area (Å²) in [5.74, 6) is 0. The van der Waals surface area contributed by atoms with Gasteiger partial charge in [-0.15, -0.1) is 0 Å². The Morgan fingerprint density at radius 1 is 0.947 bits per heavy atom. The Bertz CT molecular complexity index is 507. The Morgan fingerprint density at radius 2 is 1.53 bits per heavy atom. The van der Waals surface area contributed by atoms with E-state index in [0.717, 1.165) is 30.4 Å². The Labute approximate surface area is 119 Å². The van der Waals surface area contributed by atoms with Crippen molar-refractivity contribution in [3.05, 3.63) is 70.7 Å². The van der Waals surface area contributed by atoms with E-state index in [1.807, 2.05) is 54.6 Å². The Morgan fingerprint density at radius 3 is 2.11 bits per heavy atom. The molecule has 19 heavy (non-hydrogen) atoms. The number of benzene rings is 2. The normalized spacial score (nSPS) is 14.1. The lowest BCUT2D eigenvalue weighted by molar-refractivity contribution is 0.0685. The van der Waals surface area contributed by atoms with Crippen LogP contribution in [0.15, 0.2) is 54.6 Å². The molecule has 0 bridgehead atoms. The summed E-state index contributed by atoms with van der Waals surface area (Å²) in [4.78, 5) is 0. The number of rotatable bonds is 5. The highest BCUT2D eigenvalue weighted by Crippen LogP contribution is 2.34. The maximum Gasteiger partial charge on any atom is 0.115 e. The quantitative estimate of drug-likeness (QED) is 0.833. The van der Waals surface area contributed by atoms with E-state index < -0.39 is 5.60 Å². The van der Waals surface area contributed by atoms with Crippen molar-refractivity contribution in [2.24, 2.45) is 0 Å². The molecule has 2 rings (SSSR count). The third-order valence-electron chi connectivity index (χ3n) is 3.47. The van der Waals surface area contributed by atoms with Gasteiger partial charge in [-0.05, 0) is 29.7 Å². The Kier molecular flexibility index (Phi) is 4.62. The second-order valence-corrected chi connectivity index (χ2v) is 5.27. The Hall–Kier alpha value is -1.31. The molecule has 0 saturated heterocycles. The fraction of sp³-hybridized carbons (Fsp3) is 0.294. The van der Waals surface area contributed by atoms with Gasteiger partial charge in [0.05, 0.1) is 0 Å². The molecule has 0 radical (unpaired) electrons. The van der Waals surface area contributed by atoms with Gasteiger partial charge in [-0.25, -0.2) is 0 Å². The molecule has 0 aliphatic heterocycles. The van der Waals surface area contributed by atoms with E-state index in [-0.39, 0.29) is 0 Å². The van der Waals surface area contributed by atoms with Gasteiger partial charge < -0.3 is 5.11 Å². The van der Waals surface area contributed by atoms with E-state index in [1.54, 1.807) is 0 Å². The second-order valence-electron chi connectivity index (χ2n) is 4.84. The third-order valence-corrected chi connectivity index (χ3v) is 3.72. The first-order chi connectivity index (χ1) is 9.16. The van der Waals surface area contributed by atoms with Gasteiger partial charge in [-0.1, -0.05) is 73.8 Å². The van der Waals surface area contributed by atoms with E-state index in [1.165, 1.54) is 0 Å². The molecule has 2 heteroatoms. The summed E-state index contributed by atoms with van der Waals surface area (Å²) in [6, 6.07) is 17.3. The zero-order valence-electron chi connectivity index (χ0n) is 11.1. The highest BCUT2D eigenvalue weighted by Gasteiger charge is 2.30. The lowest BCUT2D eigenvalue weighted by Gasteiger charge is -2.29. The van der Waals surface area contributed by atoms with Gasteiger partial charge in [-0.3, -0.25) is 0 Å². The highest BCUT2D eigenvalue weighted by molar-refractivity contribution is 6.30. The predicted molar refractivity (Wildman–Crippen MR) is 80.4 cm³/mol. The molecule has 1 atom stereocenters. The summed E-state index contributed by atoms with van der Waals surface area (Å²) >= 11 is 5.93. The van der Waals surface area contributed by atoms with Gasteiger partial charge in [0.25, 0.3) is 0 Å². The van der Waals surface area contributed by atoms with Crippen LogP contribution in [0.25, 0.3) is 0 Å². The smallest absolute Gasteiger partial charge is 0.115 e. The minimum atomic E-state index is -0.929. The predicted octanol–water partition coefficient (Wildman–Crippen LogP) is 4.77. The van der Waals surface area contributed by atoms with Crippen LogP contribution in [0.3, 0.4) is 0 Å². The number of hydrogen-bond donors (Lipinski definition) is 1. The van der Waals surface area contributed by atoms with Gasteiger partial charge in [0.2, 0.25) is 0 Å². The fourth-order valence-corrected chi connectivity index (χ4v) is 2.45. The van der Waals surface area contributed by atoms with Crippen LogP contribution in [0.2, 0.25) is 5.02 Å². The topological polar surface area (TPSA) is 20.2 Å². The van der Waals surface area contributed by atoms with Crippen LogP contribution in [-0.4, -0.2) is 5.11 Å². The van der Waals surface area contributed by atoms with Crippen LogP contribution in [0.1, 0.15) is 37.3 Å². The molecule has 0 aliphatic carbocycles. The summed E-state index contributed by atoms with van der Waals surface area (Å²) in [5, 5.41) is 11.8. The first-order valence-electron chi connectivity index (χ1n) is 6.71. The molecule has 0 spiro atoms. The van der Waals surface area contributed by atoms with Gasteiger partial charge in [0, 0.05) is 5.02 Å². The van der Waals surface area contributed by atoms with Crippen molar-refractivity contribution in [1.82, 2.24) is 0 Å². The van der Waals surface area contributed by atoms with Crippen molar-refractivity contribution in [2.45, 2.75) is 31.8 Å². The molecule has 2 aromatic carbocycles. The molecule has 2 aromatic rings. The SMILES string of the molecule is CCCCC(O)(c1ccccc1)c1ccc(Cl)cc1. The van der Waals surface area contributed by atoms with E-state index in [0.29, 0.717) is 5.02 Å². The molecule has 0 fully saturated rings. The van der Waals surface area contributed by atoms with Gasteiger partial charge >= 0.3 is 0 Å². The van der Waals surface area contributed by atoms with Gasteiger partial charge in [-0.2, -0.15) is 0 Å². The molecule has 0 aliphatic rings. The van der Waals surface area contributed by atoms with E-state index in [2.05, 4.69) is 6.92 Å². The van der Waals surface area contributed by atoms with Crippen molar-refractivity contribution in [2.75, 3.05) is 0 Å². The first kappa shape index (κ1) is 14.1. The van der Waals surface area contributed by atoms with Crippen LogP contribution in [0.5, 0.6) is 0 Å². The zero-order chi connectivity index (χ0) is 13.7. The summed E-state index contributed by atoms with van der Waals surface area (Å²) in [6.07, 6.45) is 2.76. The number of hydrogen-bond acceptors (Lipinski definition) is 1. The van der Waals surface area contributed by atoms with E-state index in [4.69, 9.17) is 11.6 Å². The molecule has 100 valence electrons. The average Bonchev–Trinajstić information content (AvgIpc) is 2.46. The number of unbranched alkanes of at least 4 members (excludes halogenated alkanes) is 1. The van der Waals surface area contributed by atoms with Crippen molar-refractivity contribution < 1.29 is 5.11 Å². The Balaban J connectivity index is 2.42. The molecule has 0 saturated carbocycles. The number of aliphatic hydroxyl groups is 1. The van der Waals surface area contributed by atoms with Crippen LogP contribution in [0, 0.1) is 0 Å². The van der Waals surface area contributed by atoms with Crippen LogP contribution < -0.4 is 0 Å². The van der Waals surface area contributed by atoms with Crippen molar-refractivity contribution >= 4 is 11.6 Å². The first-order valence-corrected chi connectivity index (χ1v) is 7.08. The lowest BCUT2D eigenvalue weighted by Crippen LogP contribution is -2.27. The summed E-state index contributed by atoms with van der Waals surface area (Å²) in [5.41, 5.74) is 0.907. The minimum absolute atomic E-state index is 0.689. The monoisotopic (exact) mass is 274 g/mol. The van der Waals surface area contributed by atoms with Crippen LogP contribution >= 0.6 is 11.6 Å². The molecule has 1 N–H and O–H groups in total. The highest BCUT2D eigenvalue weighted by atomic mass is 35.5. The summed E-state index contributed by atoms with van der Waals surface area (Å²) in [7, 11) is 0. The largest absolute Gasteiger partial charge is 0.380 e. The molecule has 0 heterocycles. The summed E-state index contributed by atoms with van der Waals surface area (Å²) < 4.78 is 0. The van der Waals surface area contributed by atoms with Crippen molar-refractivity contribution in [3.63, 3.8) is 0 Å². The second kappa shape index (κ2) is 6.23. The zero-order valence-corrected chi connectivity index (χ0v) is 11.9. The standard InChI is InChI=1S/C17H19ClO/c1-2-3-13-17(19,14-7-5-4-6-8-14)15-9-11-16(18)12-10-15/h4-12,19H,2-3,13H2,1H3. The summed E-state index contributed by atoms with van der Waals surface area (Å²) in [6.45, 7) is 2.13. The molecule has 1 nitrogen and oxygen atoms in total. The van der Waals surface area contributed by atoms with Crippen molar-refractivity contribution in [3.8, 4) is 0 Å². The third kappa shape index (κ3) is 3.17. The minimum Gasteiger partial charge on any atom is -0.380 e. The maximum atomic E-state index is 11.1. The lowest BCUT2D eigenvalue weighted by atomic mass is 9.82. The molecule has 1 unspecified atom stereocenters. The van der Waals surface area contributed by atoms with Gasteiger partial charge in [0.1, 0.15) is 5.60 Å². The van der Waals surface area contributed by atoms with Crippen molar-refractivity contribution in [1.29, 1.82) is 0 Å². The molecular weight excluding hydrogens is 256 g/mol. The molecule has 0 aromatic heterocycles. The van der Waals surface area contributed by atoms with Gasteiger partial charge in [0.15, 0.2) is 0 Å². The van der Waals surface area contributed by atoms with Crippen LogP contribution in [-0.2, 0) is 5.60 Å². The fourth-order valence-electron chi connectivity index (χ4n) is 2.33. The molecule has 0 amide bonds. The maximum absolute atomic E-state index is 11.1. The molecular formula is C17H19ClO. The average molecular weight is 275 g/mol. The number of halogens is 1. The van der Waals surface area contributed by atoms with E-state index >= 15 is 0 Å². The van der Waals surface area contributed by atoms with Crippen LogP contribution in [0.4, 0.5) is 0 Å². The van der Waals surface area contributed by atoms with E-state index in [9.17, 15) is 5.11 Å².